The Hall–Kier alpha value is -0.0800. The van der Waals surface area contributed by atoms with Crippen LogP contribution in [0.3, 0.4) is 0 Å². The minimum Gasteiger partial charge on any atom is -0.353 e. The van der Waals surface area contributed by atoms with Crippen LogP contribution in [0, 0.1) is 5.92 Å². The molecule has 0 saturated carbocycles. The summed E-state index contributed by atoms with van der Waals surface area (Å²) in [4.78, 5) is 0. The summed E-state index contributed by atoms with van der Waals surface area (Å²) in [5, 5.41) is 0. The van der Waals surface area contributed by atoms with E-state index in [-0.39, 0.29) is 6.29 Å². The molecule has 0 aromatic rings. The van der Waals surface area contributed by atoms with E-state index in [1.165, 1.54) is 38.5 Å². The van der Waals surface area contributed by atoms with Crippen molar-refractivity contribution in [3.63, 3.8) is 0 Å². The van der Waals surface area contributed by atoms with Gasteiger partial charge in [0.1, 0.15) is 0 Å². The molecule has 1 aliphatic heterocycles. The third-order valence-corrected chi connectivity index (χ3v) is 3.05. The molecule has 0 amide bonds. The molecule has 1 unspecified atom stereocenters. The fraction of sp³-hybridized carbons (Fsp3) is 1.00. The number of hydrogen-bond acceptors (Lipinski definition) is 2. The first-order valence-corrected chi connectivity index (χ1v) is 6.60. The van der Waals surface area contributed by atoms with Gasteiger partial charge < -0.3 is 9.47 Å². The number of hydrogen-bond donors (Lipinski definition) is 0. The maximum atomic E-state index is 5.83. The molecule has 2 nitrogen and oxygen atoms in total. The Morgan fingerprint density at radius 1 is 1.20 bits per heavy atom. The van der Waals surface area contributed by atoms with Crippen LogP contribution in [-0.2, 0) is 9.47 Å². The van der Waals surface area contributed by atoms with Crippen LogP contribution in [0.15, 0.2) is 0 Å². The Bertz CT molecular complexity index is 135. The van der Waals surface area contributed by atoms with Crippen molar-refractivity contribution < 1.29 is 9.47 Å². The highest BCUT2D eigenvalue weighted by atomic mass is 16.7. The Labute approximate surface area is 94.3 Å². The average Bonchev–Trinajstić information content (AvgIpc) is 2.28. The predicted molar refractivity (Wildman–Crippen MR) is 62.8 cm³/mol. The molecule has 1 heterocycles. The van der Waals surface area contributed by atoms with Crippen LogP contribution >= 0.6 is 0 Å². The average molecular weight is 214 g/mol. The maximum Gasteiger partial charge on any atom is 0.157 e. The van der Waals surface area contributed by atoms with E-state index in [0.717, 1.165) is 25.6 Å². The lowest BCUT2D eigenvalue weighted by atomic mass is 9.99. The minimum absolute atomic E-state index is 0.0926. The van der Waals surface area contributed by atoms with E-state index in [1.54, 1.807) is 0 Å². The van der Waals surface area contributed by atoms with Gasteiger partial charge in [-0.25, -0.2) is 0 Å². The Morgan fingerprint density at radius 3 is 2.47 bits per heavy atom. The Morgan fingerprint density at radius 2 is 1.93 bits per heavy atom. The topological polar surface area (TPSA) is 18.5 Å². The van der Waals surface area contributed by atoms with Gasteiger partial charge in [0.2, 0.25) is 0 Å². The fourth-order valence-electron chi connectivity index (χ4n) is 2.21. The smallest absolute Gasteiger partial charge is 0.157 e. The fourth-order valence-corrected chi connectivity index (χ4v) is 2.21. The summed E-state index contributed by atoms with van der Waals surface area (Å²) >= 11 is 0. The summed E-state index contributed by atoms with van der Waals surface area (Å²) in [7, 11) is 0. The van der Waals surface area contributed by atoms with Gasteiger partial charge in [0.05, 0.1) is 6.61 Å². The van der Waals surface area contributed by atoms with Gasteiger partial charge >= 0.3 is 0 Å². The molecular weight excluding hydrogens is 188 g/mol. The van der Waals surface area contributed by atoms with E-state index >= 15 is 0 Å². The predicted octanol–water partition coefficient (Wildman–Crippen LogP) is 3.75. The highest BCUT2D eigenvalue weighted by Crippen LogP contribution is 2.18. The van der Waals surface area contributed by atoms with Crippen molar-refractivity contribution in [2.24, 2.45) is 5.92 Å². The second kappa shape index (κ2) is 8.12. The molecule has 0 bridgehead atoms. The van der Waals surface area contributed by atoms with Crippen molar-refractivity contribution in [3.8, 4) is 0 Å². The van der Waals surface area contributed by atoms with Crippen molar-refractivity contribution in [3.05, 3.63) is 0 Å². The second-order valence-electron chi connectivity index (χ2n) is 4.57. The van der Waals surface area contributed by atoms with Crippen LogP contribution in [0.25, 0.3) is 0 Å². The van der Waals surface area contributed by atoms with Crippen molar-refractivity contribution >= 4 is 0 Å². The third kappa shape index (κ3) is 5.53. The molecule has 1 rings (SSSR count). The maximum absolute atomic E-state index is 5.83. The van der Waals surface area contributed by atoms with Crippen LogP contribution < -0.4 is 0 Å². The van der Waals surface area contributed by atoms with Gasteiger partial charge in [-0.1, -0.05) is 26.7 Å². The zero-order valence-corrected chi connectivity index (χ0v) is 10.3. The van der Waals surface area contributed by atoms with Gasteiger partial charge in [0, 0.05) is 6.61 Å². The van der Waals surface area contributed by atoms with Crippen LogP contribution in [0.5, 0.6) is 0 Å². The molecule has 90 valence electrons. The first kappa shape index (κ1) is 13.0. The zero-order valence-electron chi connectivity index (χ0n) is 10.3. The lowest BCUT2D eigenvalue weighted by Gasteiger charge is -2.25. The molecule has 1 atom stereocenters. The molecule has 0 N–H and O–H groups in total. The Kier molecular flexibility index (Phi) is 7.03. The van der Waals surface area contributed by atoms with Crippen LogP contribution in [-0.4, -0.2) is 19.5 Å². The summed E-state index contributed by atoms with van der Waals surface area (Å²) in [6.45, 7) is 6.28. The zero-order chi connectivity index (χ0) is 10.9. The van der Waals surface area contributed by atoms with Gasteiger partial charge in [0.25, 0.3) is 0 Å². The first-order valence-electron chi connectivity index (χ1n) is 6.60. The van der Waals surface area contributed by atoms with Gasteiger partial charge in [-0.3, -0.25) is 0 Å². The van der Waals surface area contributed by atoms with E-state index in [4.69, 9.17) is 9.47 Å². The molecule has 0 aromatic heterocycles. The standard InChI is InChI=1S/C13H26O2/c1-3-7-12(8-4-2)11-15-13-9-5-6-10-14-13/h12-13H,3-11H2,1-2H3. The highest BCUT2D eigenvalue weighted by Gasteiger charge is 2.16. The largest absolute Gasteiger partial charge is 0.353 e. The van der Waals surface area contributed by atoms with Gasteiger partial charge in [-0.05, 0) is 38.0 Å². The molecular formula is C13H26O2. The van der Waals surface area contributed by atoms with E-state index in [1.807, 2.05) is 0 Å². The highest BCUT2D eigenvalue weighted by molar-refractivity contribution is 4.59. The second-order valence-corrected chi connectivity index (χ2v) is 4.57. The molecule has 1 saturated heterocycles. The summed E-state index contributed by atoms with van der Waals surface area (Å²) < 4.78 is 11.4. The molecule has 0 aliphatic carbocycles. The lowest BCUT2D eigenvalue weighted by Crippen LogP contribution is -2.25. The SMILES string of the molecule is CCCC(CCC)COC1CCCCO1. The molecule has 15 heavy (non-hydrogen) atoms. The van der Waals surface area contributed by atoms with Gasteiger partial charge in [-0.15, -0.1) is 0 Å². The molecule has 0 aromatic carbocycles. The molecule has 2 heteroatoms. The van der Waals surface area contributed by atoms with Gasteiger partial charge in [0.15, 0.2) is 6.29 Å². The monoisotopic (exact) mass is 214 g/mol. The first-order chi connectivity index (χ1) is 7.36. The normalized spacial score (nSPS) is 22.2. The Balaban J connectivity index is 2.13. The molecule has 0 spiro atoms. The van der Waals surface area contributed by atoms with Crippen molar-refractivity contribution in [2.75, 3.05) is 13.2 Å². The van der Waals surface area contributed by atoms with Gasteiger partial charge in [-0.2, -0.15) is 0 Å². The third-order valence-electron chi connectivity index (χ3n) is 3.05. The van der Waals surface area contributed by atoms with E-state index in [2.05, 4.69) is 13.8 Å². The van der Waals surface area contributed by atoms with E-state index < -0.39 is 0 Å². The summed E-state index contributed by atoms with van der Waals surface area (Å²) in [6.07, 6.45) is 8.75. The van der Waals surface area contributed by atoms with E-state index in [9.17, 15) is 0 Å². The van der Waals surface area contributed by atoms with E-state index in [0.29, 0.717) is 0 Å². The summed E-state index contributed by atoms with van der Waals surface area (Å²) in [5.41, 5.74) is 0. The molecule has 1 aliphatic rings. The molecule has 1 fully saturated rings. The number of rotatable bonds is 7. The van der Waals surface area contributed by atoms with Crippen molar-refractivity contribution in [2.45, 2.75) is 65.1 Å². The van der Waals surface area contributed by atoms with Crippen molar-refractivity contribution in [1.29, 1.82) is 0 Å². The van der Waals surface area contributed by atoms with Crippen molar-refractivity contribution in [1.82, 2.24) is 0 Å². The summed E-state index contributed by atoms with van der Waals surface area (Å²) in [5.74, 6) is 0.741. The van der Waals surface area contributed by atoms with Crippen LogP contribution in [0.2, 0.25) is 0 Å². The number of ether oxygens (including phenoxy) is 2. The lowest BCUT2D eigenvalue weighted by molar-refractivity contribution is -0.169. The van der Waals surface area contributed by atoms with Crippen LogP contribution in [0.1, 0.15) is 58.8 Å². The summed E-state index contributed by atoms with van der Waals surface area (Å²) in [6, 6.07) is 0. The quantitative estimate of drug-likeness (QED) is 0.642. The van der Waals surface area contributed by atoms with Crippen LogP contribution in [0.4, 0.5) is 0 Å². The minimum atomic E-state index is 0.0926. The molecule has 0 radical (unpaired) electrons.